The molecule has 6 unspecified atom stereocenters. The lowest BCUT2D eigenvalue weighted by Gasteiger charge is -2.29. The number of carbonyl (C=O) groups excluding carboxylic acids is 4. The second-order valence-electron chi connectivity index (χ2n) is 7.80. The highest BCUT2D eigenvalue weighted by atomic mass is 19.4. The quantitative estimate of drug-likeness (QED) is 0.339. The summed E-state index contributed by atoms with van der Waals surface area (Å²) in [5.41, 5.74) is -3.37. The number of halogens is 3. The number of fused-ring (bicyclic) bond motifs is 1. The number of hydrogen-bond donors (Lipinski definition) is 0. The van der Waals surface area contributed by atoms with E-state index in [1.807, 2.05) is 0 Å². The molecule has 0 aromatic rings. The minimum Gasteiger partial charge on any atom is -0.469 e. The predicted molar refractivity (Wildman–Crippen MR) is 87.4 cm³/mol. The van der Waals surface area contributed by atoms with E-state index in [9.17, 15) is 32.3 Å². The highest BCUT2D eigenvalue weighted by molar-refractivity contribution is 5.90. The van der Waals surface area contributed by atoms with Crippen molar-refractivity contribution in [2.45, 2.75) is 56.5 Å². The van der Waals surface area contributed by atoms with E-state index in [1.54, 1.807) is 0 Å². The van der Waals surface area contributed by atoms with Gasteiger partial charge in [0, 0.05) is 0 Å². The van der Waals surface area contributed by atoms with Crippen LogP contribution in [0.5, 0.6) is 0 Å². The monoisotopic (exact) mass is 436 g/mol. The van der Waals surface area contributed by atoms with Crippen molar-refractivity contribution >= 4 is 23.9 Å². The van der Waals surface area contributed by atoms with Gasteiger partial charge >= 0.3 is 30.1 Å². The average Bonchev–Trinajstić information content (AvgIpc) is 3.22. The third kappa shape index (κ3) is 3.75. The highest BCUT2D eigenvalue weighted by Crippen LogP contribution is 2.51. The van der Waals surface area contributed by atoms with E-state index in [-0.39, 0.29) is 0 Å². The maximum absolute atomic E-state index is 12.6. The van der Waals surface area contributed by atoms with Gasteiger partial charge < -0.3 is 23.7 Å². The summed E-state index contributed by atoms with van der Waals surface area (Å²) < 4.78 is 63.2. The van der Waals surface area contributed by atoms with E-state index in [4.69, 9.17) is 18.9 Å². The van der Waals surface area contributed by atoms with Crippen LogP contribution in [0.4, 0.5) is 13.2 Å². The molecule has 9 nitrogen and oxygen atoms in total. The molecule has 3 rings (SSSR count). The van der Waals surface area contributed by atoms with Gasteiger partial charge in [-0.1, -0.05) is 6.58 Å². The van der Waals surface area contributed by atoms with E-state index in [0.29, 0.717) is 0 Å². The van der Waals surface area contributed by atoms with Gasteiger partial charge in [0.15, 0.2) is 12.2 Å². The molecule has 0 aromatic carbocycles. The first kappa shape index (κ1) is 22.1. The summed E-state index contributed by atoms with van der Waals surface area (Å²) in [5.74, 6) is -5.91. The largest absolute Gasteiger partial charge is 0.469 e. The number of ether oxygens (including phenoxy) is 5. The molecule has 0 spiro atoms. The summed E-state index contributed by atoms with van der Waals surface area (Å²) in [4.78, 5) is 48.1. The fraction of sp³-hybridized carbons (Fsp3) is 0.667. The van der Waals surface area contributed by atoms with Gasteiger partial charge in [0.25, 0.3) is 0 Å². The Bertz CT molecular complexity index is 803. The van der Waals surface area contributed by atoms with Crippen molar-refractivity contribution < 1.29 is 56.0 Å². The Morgan fingerprint density at radius 1 is 1.13 bits per heavy atom. The summed E-state index contributed by atoms with van der Waals surface area (Å²) in [6.45, 7) is 5.08. The zero-order valence-corrected chi connectivity index (χ0v) is 16.2. The van der Waals surface area contributed by atoms with Crippen LogP contribution < -0.4 is 0 Å². The van der Waals surface area contributed by atoms with Crippen LogP contribution in [0.15, 0.2) is 12.2 Å². The number of hydrogen-bond acceptors (Lipinski definition) is 9. The maximum atomic E-state index is 12.6. The number of alkyl halides is 3. The van der Waals surface area contributed by atoms with Gasteiger partial charge in [-0.15, -0.1) is 0 Å². The lowest BCUT2D eigenvalue weighted by molar-refractivity contribution is -0.173. The fourth-order valence-corrected chi connectivity index (χ4v) is 3.88. The first-order valence-corrected chi connectivity index (χ1v) is 8.89. The minimum atomic E-state index is -4.97. The molecule has 3 saturated heterocycles. The normalized spacial score (nSPS) is 31.9. The summed E-state index contributed by atoms with van der Waals surface area (Å²) in [6.07, 6.45) is -9.34. The molecule has 0 saturated carbocycles. The zero-order valence-electron chi connectivity index (χ0n) is 16.2. The highest BCUT2D eigenvalue weighted by Gasteiger charge is 2.72. The minimum absolute atomic E-state index is 0.606. The van der Waals surface area contributed by atoms with Crippen LogP contribution in [-0.4, -0.2) is 67.2 Å². The van der Waals surface area contributed by atoms with Gasteiger partial charge in [0.2, 0.25) is 0 Å². The van der Waals surface area contributed by atoms with Crippen molar-refractivity contribution in [2.24, 2.45) is 11.8 Å². The van der Waals surface area contributed by atoms with E-state index in [1.165, 1.54) is 13.8 Å². The van der Waals surface area contributed by atoms with E-state index < -0.39 is 83.9 Å². The molecule has 6 atom stereocenters. The van der Waals surface area contributed by atoms with E-state index in [0.717, 1.165) is 7.11 Å². The molecule has 0 radical (unpaired) electrons. The molecule has 0 aromatic heterocycles. The van der Waals surface area contributed by atoms with Crippen molar-refractivity contribution in [3.63, 3.8) is 0 Å². The molecule has 0 aliphatic carbocycles. The summed E-state index contributed by atoms with van der Waals surface area (Å²) in [7, 11) is 1.14. The molecule has 3 aliphatic heterocycles. The third-order valence-corrected chi connectivity index (χ3v) is 5.17. The Hall–Kier alpha value is -2.63. The predicted octanol–water partition coefficient (Wildman–Crippen LogP) is 0.840. The molecular formula is C18H19F3O9. The van der Waals surface area contributed by atoms with Crippen molar-refractivity contribution in [2.75, 3.05) is 7.11 Å². The first-order valence-electron chi connectivity index (χ1n) is 8.89. The van der Waals surface area contributed by atoms with Gasteiger partial charge in [-0.2, -0.15) is 13.2 Å². The molecule has 0 amide bonds. The Labute approximate surface area is 168 Å². The Balaban J connectivity index is 1.65. The van der Waals surface area contributed by atoms with Gasteiger partial charge in [-0.3, -0.25) is 14.4 Å². The fourth-order valence-electron chi connectivity index (χ4n) is 3.88. The molecule has 30 heavy (non-hydrogen) atoms. The maximum Gasteiger partial charge on any atom is 0.422 e. The van der Waals surface area contributed by atoms with Crippen LogP contribution in [-0.2, 0) is 42.9 Å². The summed E-state index contributed by atoms with van der Waals surface area (Å²) in [6, 6.07) is 0. The number of methoxy groups -OCH3 is 1. The Morgan fingerprint density at radius 2 is 1.77 bits per heavy atom. The first-order chi connectivity index (χ1) is 13.8. The second kappa shape index (κ2) is 7.25. The van der Waals surface area contributed by atoms with Crippen LogP contribution in [0, 0.1) is 11.8 Å². The lowest BCUT2D eigenvalue weighted by atomic mass is 9.78. The molecule has 3 aliphatic rings. The Morgan fingerprint density at radius 3 is 2.33 bits per heavy atom. The van der Waals surface area contributed by atoms with Crippen molar-refractivity contribution in [1.29, 1.82) is 0 Å². The van der Waals surface area contributed by atoms with Gasteiger partial charge in [-0.25, -0.2) is 4.79 Å². The lowest BCUT2D eigenvalue weighted by Crippen LogP contribution is -2.48. The molecule has 166 valence electrons. The summed E-state index contributed by atoms with van der Waals surface area (Å²) in [5, 5.41) is 0. The van der Waals surface area contributed by atoms with Crippen molar-refractivity contribution in [3.8, 4) is 0 Å². The van der Waals surface area contributed by atoms with Crippen molar-refractivity contribution in [1.82, 2.24) is 0 Å². The van der Waals surface area contributed by atoms with Crippen LogP contribution in [0.1, 0.15) is 20.3 Å². The van der Waals surface area contributed by atoms with E-state index >= 15 is 0 Å². The molecule has 2 bridgehead atoms. The average molecular weight is 436 g/mol. The second-order valence-corrected chi connectivity index (χ2v) is 7.80. The number of esters is 4. The summed E-state index contributed by atoms with van der Waals surface area (Å²) >= 11 is 0. The van der Waals surface area contributed by atoms with Crippen molar-refractivity contribution in [3.05, 3.63) is 12.2 Å². The van der Waals surface area contributed by atoms with Crippen LogP contribution in [0.3, 0.4) is 0 Å². The SMILES string of the molecule is C=C(C(=O)OC(C)(C)CC(=O)OC1C2OC(=O)C3C2OC1C3C(=O)OC)C(F)(F)F. The molecular weight excluding hydrogens is 417 g/mol. The number of rotatable bonds is 6. The molecule has 12 heteroatoms. The van der Waals surface area contributed by atoms with Gasteiger partial charge in [0.1, 0.15) is 35.2 Å². The van der Waals surface area contributed by atoms with Gasteiger partial charge in [0.05, 0.1) is 13.5 Å². The number of carbonyl (C=O) groups is 4. The zero-order chi connectivity index (χ0) is 22.6. The van der Waals surface area contributed by atoms with Crippen LogP contribution >= 0.6 is 0 Å². The van der Waals surface area contributed by atoms with E-state index in [2.05, 4.69) is 11.3 Å². The van der Waals surface area contributed by atoms with Gasteiger partial charge in [-0.05, 0) is 13.8 Å². The Kier molecular flexibility index (Phi) is 5.34. The standard InChI is InChI=1S/C18H19F3O9/c1-6(18(19,20)21)14(23)30-17(2,3)5-7(22)27-12-10-8(15(24)26-4)9-11(28-10)13(12)29-16(9)25/h8-13H,1,5H2,2-4H3. The molecule has 3 heterocycles. The van der Waals surface area contributed by atoms with Crippen LogP contribution in [0.25, 0.3) is 0 Å². The molecule has 0 N–H and O–H groups in total. The third-order valence-electron chi connectivity index (χ3n) is 5.17. The van der Waals surface area contributed by atoms with Crippen LogP contribution in [0.2, 0.25) is 0 Å². The smallest absolute Gasteiger partial charge is 0.422 e. The molecule has 3 fully saturated rings. The topological polar surface area (TPSA) is 114 Å².